The average molecular weight is 404 g/mol. The lowest BCUT2D eigenvalue weighted by molar-refractivity contribution is -0.135. The second-order valence-electron chi connectivity index (χ2n) is 6.21. The zero-order chi connectivity index (χ0) is 17.3. The highest BCUT2D eigenvalue weighted by molar-refractivity contribution is 9.10. The molecule has 5 nitrogen and oxygen atoms in total. The Kier molecular flexibility index (Phi) is 4.39. The van der Waals surface area contributed by atoms with Gasteiger partial charge in [-0.1, -0.05) is 52.3 Å². The molecule has 2 aliphatic heterocycles. The molecule has 0 atom stereocenters. The van der Waals surface area contributed by atoms with E-state index in [4.69, 9.17) is 14.2 Å². The summed E-state index contributed by atoms with van der Waals surface area (Å²) in [4.78, 5) is 14.5. The minimum Gasteiger partial charge on any atom is -0.491 e. The largest absolute Gasteiger partial charge is 0.491 e. The number of ether oxygens (including phenoxy) is 3. The van der Waals surface area contributed by atoms with E-state index in [1.54, 1.807) is 4.90 Å². The van der Waals surface area contributed by atoms with Crippen LogP contribution < -0.4 is 4.74 Å². The number of carbonyl (C=O) groups is 1. The van der Waals surface area contributed by atoms with Crippen LogP contribution in [0, 0.1) is 0 Å². The van der Waals surface area contributed by atoms with Gasteiger partial charge in [0.2, 0.25) is 0 Å². The Hall–Kier alpha value is -2.05. The van der Waals surface area contributed by atoms with Crippen LogP contribution in [0.5, 0.6) is 5.75 Å². The molecule has 0 aliphatic carbocycles. The van der Waals surface area contributed by atoms with Crippen LogP contribution >= 0.6 is 15.9 Å². The van der Waals surface area contributed by atoms with E-state index in [2.05, 4.69) is 15.9 Å². The topological polar surface area (TPSA) is 48.0 Å². The van der Waals surface area contributed by atoms with E-state index >= 15 is 0 Å². The Morgan fingerprint density at radius 3 is 2.72 bits per heavy atom. The average Bonchev–Trinajstić information content (AvgIpc) is 2.76. The minimum absolute atomic E-state index is 0.251. The van der Waals surface area contributed by atoms with Crippen LogP contribution in [0.15, 0.2) is 53.0 Å². The fourth-order valence-corrected chi connectivity index (χ4v) is 3.62. The molecule has 2 aromatic carbocycles. The van der Waals surface area contributed by atoms with Crippen LogP contribution in [-0.4, -0.2) is 37.4 Å². The number of amides is 1. The third kappa shape index (κ3) is 3.00. The Morgan fingerprint density at radius 1 is 1.20 bits per heavy atom. The monoisotopic (exact) mass is 403 g/mol. The molecule has 6 heteroatoms. The standard InChI is InChI=1S/C19H18BrNO4/c20-15-6-7-16-17(10-15)24-9-8-21(19(16)12-23-13-19)18(22)25-11-14-4-2-1-3-5-14/h1-7,10H,8-9,11-13H2. The molecule has 2 heterocycles. The van der Waals surface area contributed by atoms with Crippen molar-refractivity contribution in [1.82, 2.24) is 4.90 Å². The number of benzene rings is 2. The Labute approximate surface area is 154 Å². The zero-order valence-corrected chi connectivity index (χ0v) is 15.2. The number of halogens is 1. The number of nitrogens with zero attached hydrogens (tertiary/aromatic N) is 1. The zero-order valence-electron chi connectivity index (χ0n) is 13.6. The van der Waals surface area contributed by atoms with Gasteiger partial charge in [-0.15, -0.1) is 0 Å². The molecule has 0 bridgehead atoms. The van der Waals surface area contributed by atoms with Crippen molar-refractivity contribution in [1.29, 1.82) is 0 Å². The highest BCUT2D eigenvalue weighted by Crippen LogP contribution is 2.43. The summed E-state index contributed by atoms with van der Waals surface area (Å²) in [6.45, 7) is 2.03. The maximum absolute atomic E-state index is 12.8. The van der Waals surface area contributed by atoms with Crippen molar-refractivity contribution in [2.24, 2.45) is 0 Å². The van der Waals surface area contributed by atoms with Gasteiger partial charge in [0.25, 0.3) is 0 Å². The molecular weight excluding hydrogens is 386 g/mol. The summed E-state index contributed by atoms with van der Waals surface area (Å²) >= 11 is 3.47. The summed E-state index contributed by atoms with van der Waals surface area (Å²) in [6.07, 6.45) is -0.341. The van der Waals surface area contributed by atoms with E-state index in [1.807, 2.05) is 48.5 Å². The summed E-state index contributed by atoms with van der Waals surface area (Å²) in [5.74, 6) is 0.788. The molecule has 0 unspecified atom stereocenters. The first-order valence-electron chi connectivity index (χ1n) is 8.18. The van der Waals surface area contributed by atoms with E-state index in [-0.39, 0.29) is 12.7 Å². The third-order valence-electron chi connectivity index (χ3n) is 4.64. The van der Waals surface area contributed by atoms with Gasteiger partial charge in [0.1, 0.15) is 24.5 Å². The third-order valence-corrected chi connectivity index (χ3v) is 5.13. The van der Waals surface area contributed by atoms with Gasteiger partial charge >= 0.3 is 6.09 Å². The fourth-order valence-electron chi connectivity index (χ4n) is 3.28. The number of fused-ring (bicyclic) bond motifs is 2. The number of hydrogen-bond acceptors (Lipinski definition) is 4. The normalized spacial score (nSPS) is 17.9. The van der Waals surface area contributed by atoms with Gasteiger partial charge in [-0.25, -0.2) is 4.79 Å². The van der Waals surface area contributed by atoms with Gasteiger partial charge in [-0.05, 0) is 17.7 Å². The molecule has 1 amide bonds. The first-order chi connectivity index (χ1) is 12.2. The van der Waals surface area contributed by atoms with Crippen LogP contribution in [0.1, 0.15) is 11.1 Å². The molecule has 2 aliphatic rings. The van der Waals surface area contributed by atoms with Gasteiger partial charge < -0.3 is 14.2 Å². The Morgan fingerprint density at radius 2 is 2.00 bits per heavy atom. The van der Waals surface area contributed by atoms with Crippen molar-refractivity contribution in [3.8, 4) is 5.75 Å². The second kappa shape index (κ2) is 6.69. The van der Waals surface area contributed by atoms with Gasteiger partial charge in [0, 0.05) is 10.0 Å². The molecule has 1 fully saturated rings. The smallest absolute Gasteiger partial charge is 0.411 e. The second-order valence-corrected chi connectivity index (χ2v) is 7.12. The SMILES string of the molecule is O=C(OCc1ccccc1)N1CCOc2cc(Br)ccc2C12COC2. The van der Waals surface area contributed by atoms with Crippen molar-refractivity contribution >= 4 is 22.0 Å². The maximum Gasteiger partial charge on any atom is 0.411 e. The van der Waals surface area contributed by atoms with Crippen molar-refractivity contribution in [2.45, 2.75) is 12.1 Å². The quantitative estimate of drug-likeness (QED) is 0.766. The molecule has 130 valence electrons. The highest BCUT2D eigenvalue weighted by atomic mass is 79.9. The van der Waals surface area contributed by atoms with Crippen LogP contribution in [-0.2, 0) is 21.6 Å². The molecule has 1 saturated heterocycles. The summed E-state index contributed by atoms with van der Waals surface area (Å²) in [6, 6.07) is 15.6. The van der Waals surface area contributed by atoms with E-state index in [1.165, 1.54) is 0 Å². The van der Waals surface area contributed by atoms with Crippen molar-refractivity contribution in [3.63, 3.8) is 0 Å². The van der Waals surface area contributed by atoms with Crippen molar-refractivity contribution in [2.75, 3.05) is 26.4 Å². The maximum atomic E-state index is 12.8. The molecule has 25 heavy (non-hydrogen) atoms. The van der Waals surface area contributed by atoms with Gasteiger partial charge in [-0.2, -0.15) is 0 Å². The van der Waals surface area contributed by atoms with Crippen LogP contribution in [0.3, 0.4) is 0 Å². The Bertz CT molecular complexity index is 776. The fraction of sp³-hybridized carbons (Fsp3) is 0.316. The van der Waals surface area contributed by atoms with Crippen molar-refractivity contribution < 1.29 is 19.0 Å². The highest BCUT2D eigenvalue weighted by Gasteiger charge is 2.51. The summed E-state index contributed by atoms with van der Waals surface area (Å²) < 4.78 is 17.9. The first kappa shape index (κ1) is 16.4. The molecule has 0 radical (unpaired) electrons. The minimum atomic E-state index is -0.514. The Balaban J connectivity index is 1.58. The molecular formula is C19H18BrNO4. The van der Waals surface area contributed by atoms with Crippen LogP contribution in [0.4, 0.5) is 4.79 Å². The lowest BCUT2D eigenvalue weighted by atomic mass is 9.86. The summed E-state index contributed by atoms with van der Waals surface area (Å²) in [5.41, 5.74) is 1.42. The molecule has 0 N–H and O–H groups in total. The van der Waals surface area contributed by atoms with Gasteiger partial charge in [0.15, 0.2) is 0 Å². The summed E-state index contributed by atoms with van der Waals surface area (Å²) in [5, 5.41) is 0. The predicted octanol–water partition coefficient (Wildman–Crippen LogP) is 3.71. The number of rotatable bonds is 2. The number of hydrogen-bond donors (Lipinski definition) is 0. The molecule has 0 saturated carbocycles. The predicted molar refractivity (Wildman–Crippen MR) is 95.5 cm³/mol. The first-order valence-corrected chi connectivity index (χ1v) is 8.97. The van der Waals surface area contributed by atoms with E-state index < -0.39 is 5.54 Å². The van der Waals surface area contributed by atoms with Crippen LogP contribution in [0.25, 0.3) is 0 Å². The molecule has 2 aromatic rings. The molecule has 4 rings (SSSR count). The number of carbonyl (C=O) groups excluding carboxylic acids is 1. The van der Waals surface area contributed by atoms with Crippen molar-refractivity contribution in [3.05, 3.63) is 64.1 Å². The van der Waals surface area contributed by atoms with Gasteiger partial charge in [0.05, 0.1) is 19.8 Å². The van der Waals surface area contributed by atoms with E-state index in [9.17, 15) is 4.79 Å². The lowest BCUT2D eigenvalue weighted by Crippen LogP contribution is -2.61. The molecule has 0 aromatic heterocycles. The van der Waals surface area contributed by atoms with E-state index in [0.29, 0.717) is 26.4 Å². The lowest BCUT2D eigenvalue weighted by Gasteiger charge is -2.48. The van der Waals surface area contributed by atoms with Crippen LogP contribution in [0.2, 0.25) is 0 Å². The van der Waals surface area contributed by atoms with Gasteiger partial charge in [-0.3, -0.25) is 4.90 Å². The summed E-state index contributed by atoms with van der Waals surface area (Å²) in [7, 11) is 0. The van der Waals surface area contributed by atoms with E-state index in [0.717, 1.165) is 21.3 Å². The molecule has 1 spiro atoms.